The normalized spacial score (nSPS) is 10.8. The summed E-state index contributed by atoms with van der Waals surface area (Å²) in [5.41, 5.74) is 2.97. The highest BCUT2D eigenvalue weighted by Gasteiger charge is 2.13. The van der Waals surface area contributed by atoms with E-state index in [9.17, 15) is 14.9 Å². The fourth-order valence-corrected chi connectivity index (χ4v) is 2.11. The number of hydrogen-bond donors (Lipinski definition) is 1. The van der Waals surface area contributed by atoms with Gasteiger partial charge in [0.05, 0.1) is 15.6 Å². The molecule has 0 bridgehead atoms. The number of carbonyl (C=O) groups is 1. The number of non-ortho nitro benzene ring substituents is 1. The van der Waals surface area contributed by atoms with Crippen LogP contribution in [0.15, 0.2) is 40.0 Å². The maximum Gasteiger partial charge on any atom is 0.293 e. The SMILES string of the molecule is Cn1cc(Br)c(C(=O)NN=Cc2cccc([N+](=O)[O-])c2)n1. The first-order chi connectivity index (χ1) is 9.97. The summed E-state index contributed by atoms with van der Waals surface area (Å²) in [6.45, 7) is 0. The standard InChI is InChI=1S/C12H10BrN5O3/c1-17-7-10(13)11(16-17)12(19)15-14-6-8-3-2-4-9(5-8)18(20)21/h2-7H,1H3,(H,15,19). The Labute approximate surface area is 127 Å². The number of amides is 1. The third-order valence-corrected chi connectivity index (χ3v) is 3.04. The number of benzene rings is 1. The molecule has 108 valence electrons. The van der Waals surface area contributed by atoms with Crippen molar-refractivity contribution in [1.82, 2.24) is 15.2 Å². The van der Waals surface area contributed by atoms with Crippen LogP contribution in [0.2, 0.25) is 0 Å². The van der Waals surface area contributed by atoms with Gasteiger partial charge in [0.1, 0.15) is 0 Å². The van der Waals surface area contributed by atoms with E-state index < -0.39 is 10.8 Å². The molecule has 1 heterocycles. The van der Waals surface area contributed by atoms with E-state index in [4.69, 9.17) is 0 Å². The van der Waals surface area contributed by atoms with Crippen molar-refractivity contribution in [2.24, 2.45) is 12.1 Å². The number of hydrogen-bond acceptors (Lipinski definition) is 5. The summed E-state index contributed by atoms with van der Waals surface area (Å²) in [6, 6.07) is 5.91. The molecule has 0 radical (unpaired) electrons. The molecule has 0 saturated heterocycles. The smallest absolute Gasteiger partial charge is 0.274 e. The highest BCUT2D eigenvalue weighted by atomic mass is 79.9. The zero-order valence-electron chi connectivity index (χ0n) is 10.9. The van der Waals surface area contributed by atoms with Gasteiger partial charge < -0.3 is 0 Å². The molecule has 1 N–H and O–H groups in total. The second-order valence-corrected chi connectivity index (χ2v) is 4.90. The molecule has 1 aromatic carbocycles. The Bertz CT molecular complexity index is 725. The predicted molar refractivity (Wildman–Crippen MR) is 79.1 cm³/mol. The molecule has 2 aromatic rings. The molecule has 2 rings (SSSR count). The number of nitro benzene ring substituents is 1. The average Bonchev–Trinajstić information content (AvgIpc) is 2.78. The highest BCUT2D eigenvalue weighted by molar-refractivity contribution is 9.10. The van der Waals surface area contributed by atoms with Gasteiger partial charge in [-0.15, -0.1) is 0 Å². The van der Waals surface area contributed by atoms with Crippen LogP contribution in [0.25, 0.3) is 0 Å². The number of rotatable bonds is 4. The molecule has 0 atom stereocenters. The van der Waals surface area contributed by atoms with Gasteiger partial charge in [-0.2, -0.15) is 10.2 Å². The van der Waals surface area contributed by atoms with Crippen LogP contribution in [0.1, 0.15) is 16.1 Å². The molecule has 8 nitrogen and oxygen atoms in total. The van der Waals surface area contributed by atoms with E-state index in [0.29, 0.717) is 10.0 Å². The predicted octanol–water partition coefficient (Wildman–Crippen LogP) is 1.85. The lowest BCUT2D eigenvalue weighted by Gasteiger charge is -1.97. The van der Waals surface area contributed by atoms with Crippen LogP contribution >= 0.6 is 15.9 Å². The fraction of sp³-hybridized carbons (Fsp3) is 0.0833. The summed E-state index contributed by atoms with van der Waals surface area (Å²) in [6.07, 6.45) is 2.96. The molecular weight excluding hydrogens is 342 g/mol. The summed E-state index contributed by atoms with van der Waals surface area (Å²) in [5.74, 6) is -0.482. The molecule has 0 aliphatic carbocycles. The molecule has 9 heteroatoms. The molecule has 1 amide bonds. The van der Waals surface area contributed by atoms with Crippen LogP contribution in [0.5, 0.6) is 0 Å². The minimum Gasteiger partial charge on any atom is -0.274 e. The third kappa shape index (κ3) is 3.72. The van der Waals surface area contributed by atoms with Crippen molar-refractivity contribution >= 4 is 33.7 Å². The molecule has 0 fully saturated rings. The zero-order valence-corrected chi connectivity index (χ0v) is 12.4. The van der Waals surface area contributed by atoms with Gasteiger partial charge in [-0.3, -0.25) is 19.6 Å². The number of nitro groups is 1. The topological polar surface area (TPSA) is 102 Å². The lowest BCUT2D eigenvalue weighted by atomic mass is 10.2. The van der Waals surface area contributed by atoms with Gasteiger partial charge in [-0.1, -0.05) is 12.1 Å². The Balaban J connectivity index is 2.05. The zero-order chi connectivity index (χ0) is 15.4. The quantitative estimate of drug-likeness (QED) is 0.515. The largest absolute Gasteiger partial charge is 0.293 e. The molecule has 0 aliphatic rings. The van der Waals surface area contributed by atoms with Crippen molar-refractivity contribution in [3.8, 4) is 0 Å². The minimum atomic E-state index is -0.499. The van der Waals surface area contributed by atoms with Crippen molar-refractivity contribution in [1.29, 1.82) is 0 Å². The first-order valence-electron chi connectivity index (χ1n) is 5.74. The van der Waals surface area contributed by atoms with E-state index in [1.165, 1.54) is 29.1 Å². The molecule has 21 heavy (non-hydrogen) atoms. The van der Waals surface area contributed by atoms with Gasteiger partial charge in [0.2, 0.25) is 0 Å². The van der Waals surface area contributed by atoms with E-state index >= 15 is 0 Å². The molecular formula is C12H10BrN5O3. The fourth-order valence-electron chi connectivity index (χ4n) is 1.55. The van der Waals surface area contributed by atoms with Gasteiger partial charge in [-0.25, -0.2) is 5.43 Å². The molecule has 1 aromatic heterocycles. The van der Waals surface area contributed by atoms with Crippen LogP contribution in [0.3, 0.4) is 0 Å². The van der Waals surface area contributed by atoms with E-state index in [2.05, 4.69) is 31.6 Å². The summed E-state index contributed by atoms with van der Waals surface area (Å²) in [4.78, 5) is 21.9. The lowest BCUT2D eigenvalue weighted by Crippen LogP contribution is -2.19. The van der Waals surface area contributed by atoms with E-state index in [1.54, 1.807) is 19.3 Å². The van der Waals surface area contributed by atoms with E-state index in [0.717, 1.165) is 0 Å². The number of hydrazone groups is 1. The Morgan fingerprint density at radius 3 is 2.95 bits per heavy atom. The van der Waals surface area contributed by atoms with Crippen LogP contribution in [0.4, 0.5) is 5.69 Å². The number of halogens is 1. The van der Waals surface area contributed by atoms with E-state index in [-0.39, 0.29) is 11.4 Å². The van der Waals surface area contributed by atoms with Gasteiger partial charge >= 0.3 is 0 Å². The van der Waals surface area contributed by atoms with Gasteiger partial charge in [0.15, 0.2) is 5.69 Å². The Morgan fingerprint density at radius 1 is 1.57 bits per heavy atom. The lowest BCUT2D eigenvalue weighted by molar-refractivity contribution is -0.384. The van der Waals surface area contributed by atoms with Crippen molar-refractivity contribution < 1.29 is 9.72 Å². The monoisotopic (exact) mass is 351 g/mol. The number of nitrogens with zero attached hydrogens (tertiary/aromatic N) is 4. The Kier molecular flexibility index (Phi) is 4.43. The summed E-state index contributed by atoms with van der Waals surface area (Å²) in [5, 5.41) is 18.4. The third-order valence-electron chi connectivity index (χ3n) is 2.46. The van der Waals surface area contributed by atoms with Crippen molar-refractivity contribution in [2.45, 2.75) is 0 Å². The first kappa shape index (κ1) is 14.9. The highest BCUT2D eigenvalue weighted by Crippen LogP contribution is 2.14. The van der Waals surface area contributed by atoms with Crippen LogP contribution in [0, 0.1) is 10.1 Å². The second-order valence-electron chi connectivity index (χ2n) is 4.05. The number of nitrogens with one attached hydrogen (secondary N) is 1. The van der Waals surface area contributed by atoms with Crippen molar-refractivity contribution in [3.63, 3.8) is 0 Å². The van der Waals surface area contributed by atoms with Gasteiger partial charge in [-0.05, 0) is 15.9 Å². The summed E-state index contributed by atoms with van der Waals surface area (Å²) in [7, 11) is 1.69. The molecule has 0 unspecified atom stereocenters. The van der Waals surface area contributed by atoms with Crippen LogP contribution in [-0.4, -0.2) is 26.8 Å². The minimum absolute atomic E-state index is 0.0438. The molecule has 0 aliphatic heterocycles. The number of aryl methyl sites for hydroxylation is 1. The average molecular weight is 352 g/mol. The Morgan fingerprint density at radius 2 is 2.33 bits per heavy atom. The molecule has 0 spiro atoms. The number of aromatic nitrogens is 2. The van der Waals surface area contributed by atoms with Gasteiger partial charge in [0, 0.05) is 30.9 Å². The summed E-state index contributed by atoms with van der Waals surface area (Å²) < 4.78 is 2.04. The van der Waals surface area contributed by atoms with Crippen LogP contribution in [-0.2, 0) is 7.05 Å². The van der Waals surface area contributed by atoms with Gasteiger partial charge in [0.25, 0.3) is 11.6 Å². The maximum absolute atomic E-state index is 11.8. The second kappa shape index (κ2) is 6.27. The maximum atomic E-state index is 11.8. The molecule has 0 saturated carbocycles. The van der Waals surface area contributed by atoms with E-state index in [1.807, 2.05) is 0 Å². The summed E-state index contributed by atoms with van der Waals surface area (Å²) >= 11 is 3.21. The number of carbonyl (C=O) groups excluding carboxylic acids is 1. The van der Waals surface area contributed by atoms with Crippen LogP contribution < -0.4 is 5.43 Å². The Hall–Kier alpha value is -2.55. The van der Waals surface area contributed by atoms with Crippen molar-refractivity contribution in [2.75, 3.05) is 0 Å². The van der Waals surface area contributed by atoms with Crippen molar-refractivity contribution in [3.05, 3.63) is 56.3 Å². The first-order valence-corrected chi connectivity index (χ1v) is 6.53.